The first-order chi connectivity index (χ1) is 12.7. The Morgan fingerprint density at radius 2 is 1.88 bits per heavy atom. The third kappa shape index (κ3) is 3.39. The summed E-state index contributed by atoms with van der Waals surface area (Å²) in [5.74, 6) is 0.797. The monoisotopic (exact) mass is 361 g/mol. The van der Waals surface area contributed by atoms with E-state index in [2.05, 4.69) is 47.1 Å². The summed E-state index contributed by atoms with van der Waals surface area (Å²) in [4.78, 5) is 17.7. The van der Waals surface area contributed by atoms with E-state index >= 15 is 0 Å². The molecule has 130 valence electrons. The van der Waals surface area contributed by atoms with Gasteiger partial charge in [0.05, 0.1) is 22.5 Å². The highest BCUT2D eigenvalue weighted by atomic mass is 32.1. The lowest BCUT2D eigenvalue weighted by Gasteiger charge is -2.10. The van der Waals surface area contributed by atoms with Crippen LogP contribution in [0.15, 0.2) is 66.0 Å². The van der Waals surface area contributed by atoms with Gasteiger partial charge in [-0.1, -0.05) is 48.0 Å². The number of nitrogens with one attached hydrogen (secondary N) is 1. The first-order valence-electron chi connectivity index (χ1n) is 8.52. The second-order valence-corrected chi connectivity index (χ2v) is 7.20. The van der Waals surface area contributed by atoms with Crippen LogP contribution in [0.2, 0.25) is 0 Å². The summed E-state index contributed by atoms with van der Waals surface area (Å²) < 4.78 is 2.18. The Morgan fingerprint density at radius 3 is 2.65 bits per heavy atom. The summed E-state index contributed by atoms with van der Waals surface area (Å²) in [6.07, 6.45) is 0. The van der Waals surface area contributed by atoms with Crippen molar-refractivity contribution in [3.05, 3.63) is 87.9 Å². The Balaban J connectivity index is 1.63. The maximum absolute atomic E-state index is 12.3. The van der Waals surface area contributed by atoms with Crippen LogP contribution >= 0.6 is 11.3 Å². The lowest BCUT2D eigenvalue weighted by atomic mass is 10.1. The zero-order valence-electron chi connectivity index (χ0n) is 14.5. The van der Waals surface area contributed by atoms with Crippen LogP contribution in [0.5, 0.6) is 0 Å². The van der Waals surface area contributed by atoms with Crippen molar-refractivity contribution in [2.24, 2.45) is 0 Å². The van der Waals surface area contributed by atoms with Crippen molar-refractivity contribution in [1.29, 1.82) is 0 Å². The number of hydrogen-bond donors (Lipinski definition) is 1. The molecule has 2 heterocycles. The maximum Gasteiger partial charge on any atom is 0.261 e. The number of aromatic nitrogens is 2. The molecule has 0 aliphatic carbocycles. The average molecular weight is 361 g/mol. The quantitative estimate of drug-likeness (QED) is 0.573. The number of rotatable bonds is 5. The number of fused-ring (bicyclic) bond motifs is 1. The van der Waals surface area contributed by atoms with E-state index in [0.29, 0.717) is 11.4 Å². The minimum Gasteiger partial charge on any atom is -0.344 e. The van der Waals surface area contributed by atoms with E-state index in [-0.39, 0.29) is 5.91 Å². The van der Waals surface area contributed by atoms with Crippen molar-refractivity contribution in [2.75, 3.05) is 0 Å². The normalized spacial score (nSPS) is 11.0. The van der Waals surface area contributed by atoms with E-state index in [0.717, 1.165) is 23.4 Å². The van der Waals surface area contributed by atoms with Gasteiger partial charge in [-0.05, 0) is 36.1 Å². The fourth-order valence-corrected chi connectivity index (χ4v) is 3.61. The van der Waals surface area contributed by atoms with Gasteiger partial charge in [0.25, 0.3) is 5.91 Å². The van der Waals surface area contributed by atoms with Gasteiger partial charge >= 0.3 is 0 Å². The number of carbonyl (C=O) groups is 1. The minimum atomic E-state index is -0.0612. The first-order valence-corrected chi connectivity index (χ1v) is 9.40. The Kier molecular flexibility index (Phi) is 4.54. The number of nitrogens with zero attached hydrogens (tertiary/aromatic N) is 2. The summed E-state index contributed by atoms with van der Waals surface area (Å²) in [5, 5.41) is 4.89. The van der Waals surface area contributed by atoms with Crippen LogP contribution in [0.25, 0.3) is 11.0 Å². The van der Waals surface area contributed by atoms with E-state index in [4.69, 9.17) is 4.98 Å². The molecule has 0 aliphatic rings. The molecule has 0 saturated carbocycles. The van der Waals surface area contributed by atoms with Crippen LogP contribution in [0.1, 0.15) is 26.6 Å². The van der Waals surface area contributed by atoms with Gasteiger partial charge in [-0.2, -0.15) is 0 Å². The van der Waals surface area contributed by atoms with Crippen molar-refractivity contribution in [2.45, 2.75) is 20.0 Å². The van der Waals surface area contributed by atoms with Gasteiger partial charge in [0, 0.05) is 6.54 Å². The zero-order chi connectivity index (χ0) is 17.9. The van der Waals surface area contributed by atoms with Gasteiger partial charge in [0.2, 0.25) is 0 Å². The summed E-state index contributed by atoms with van der Waals surface area (Å²) in [6.45, 7) is 3.21. The Labute approximate surface area is 156 Å². The Hall–Kier alpha value is -2.92. The molecule has 1 amide bonds. The molecule has 4 rings (SSSR count). The molecule has 0 fully saturated rings. The second kappa shape index (κ2) is 7.14. The van der Waals surface area contributed by atoms with E-state index in [9.17, 15) is 4.79 Å². The van der Waals surface area contributed by atoms with Crippen molar-refractivity contribution < 1.29 is 4.79 Å². The third-order valence-corrected chi connectivity index (χ3v) is 5.22. The van der Waals surface area contributed by atoms with Gasteiger partial charge < -0.3 is 9.88 Å². The molecular weight excluding hydrogens is 342 g/mol. The molecule has 0 bridgehead atoms. The highest BCUT2D eigenvalue weighted by molar-refractivity contribution is 7.12. The van der Waals surface area contributed by atoms with Crippen LogP contribution in [0, 0.1) is 6.92 Å². The summed E-state index contributed by atoms with van der Waals surface area (Å²) in [6, 6.07) is 20.3. The number of hydrogen-bond acceptors (Lipinski definition) is 3. The summed E-state index contributed by atoms with van der Waals surface area (Å²) in [5.41, 5.74) is 4.48. The van der Waals surface area contributed by atoms with Crippen molar-refractivity contribution in [3.8, 4) is 0 Å². The van der Waals surface area contributed by atoms with E-state index < -0.39 is 0 Å². The molecule has 2 aromatic heterocycles. The maximum atomic E-state index is 12.3. The molecule has 2 aromatic carbocycles. The van der Waals surface area contributed by atoms with Crippen molar-refractivity contribution in [1.82, 2.24) is 14.9 Å². The van der Waals surface area contributed by atoms with Crippen molar-refractivity contribution >= 4 is 28.3 Å². The standard InChI is InChI=1S/C21H19N3OS/c1-15-8-10-16(11-9-15)14-24-18-6-3-2-5-17(18)23-20(24)13-22-21(25)19-7-4-12-26-19/h2-12H,13-14H2,1H3,(H,22,25). The van der Waals surface area contributed by atoms with E-state index in [1.165, 1.54) is 22.5 Å². The Morgan fingerprint density at radius 1 is 1.08 bits per heavy atom. The van der Waals surface area contributed by atoms with Crippen LogP contribution in [0.4, 0.5) is 0 Å². The predicted molar refractivity (Wildman–Crippen MR) is 106 cm³/mol. The largest absolute Gasteiger partial charge is 0.344 e. The van der Waals surface area contributed by atoms with Gasteiger partial charge in [-0.3, -0.25) is 4.79 Å². The second-order valence-electron chi connectivity index (χ2n) is 6.25. The topological polar surface area (TPSA) is 46.9 Å². The van der Waals surface area contributed by atoms with E-state index in [1.807, 2.05) is 35.7 Å². The van der Waals surface area contributed by atoms with Gasteiger partial charge in [0.15, 0.2) is 0 Å². The van der Waals surface area contributed by atoms with Crippen LogP contribution in [-0.2, 0) is 13.1 Å². The summed E-state index contributed by atoms with van der Waals surface area (Å²) >= 11 is 1.44. The highest BCUT2D eigenvalue weighted by Crippen LogP contribution is 2.18. The van der Waals surface area contributed by atoms with Gasteiger partial charge in [0.1, 0.15) is 5.82 Å². The number of imidazole rings is 1. The molecule has 0 atom stereocenters. The lowest BCUT2D eigenvalue weighted by molar-refractivity contribution is 0.0953. The summed E-state index contributed by atoms with van der Waals surface area (Å²) in [7, 11) is 0. The number of thiophene rings is 1. The molecule has 4 nitrogen and oxygen atoms in total. The average Bonchev–Trinajstić information content (AvgIpc) is 3.30. The van der Waals surface area contributed by atoms with Crippen LogP contribution < -0.4 is 5.32 Å². The SMILES string of the molecule is Cc1ccc(Cn2c(CNC(=O)c3cccs3)nc3ccccc32)cc1. The molecule has 0 saturated heterocycles. The number of aryl methyl sites for hydroxylation is 1. The Bertz CT molecular complexity index is 1030. The van der Waals surface area contributed by atoms with Crippen LogP contribution in [0.3, 0.4) is 0 Å². The number of para-hydroxylation sites is 2. The molecular formula is C21H19N3OS. The molecule has 0 aliphatic heterocycles. The van der Waals surface area contributed by atoms with Gasteiger partial charge in [-0.15, -0.1) is 11.3 Å². The van der Waals surface area contributed by atoms with Crippen LogP contribution in [-0.4, -0.2) is 15.5 Å². The molecule has 26 heavy (non-hydrogen) atoms. The molecule has 0 spiro atoms. The zero-order valence-corrected chi connectivity index (χ0v) is 15.3. The molecule has 1 N–H and O–H groups in total. The molecule has 5 heteroatoms. The highest BCUT2D eigenvalue weighted by Gasteiger charge is 2.13. The lowest BCUT2D eigenvalue weighted by Crippen LogP contribution is -2.24. The minimum absolute atomic E-state index is 0.0612. The van der Waals surface area contributed by atoms with E-state index in [1.54, 1.807) is 0 Å². The molecule has 4 aromatic rings. The van der Waals surface area contributed by atoms with Crippen molar-refractivity contribution in [3.63, 3.8) is 0 Å². The molecule has 0 unspecified atom stereocenters. The third-order valence-electron chi connectivity index (χ3n) is 4.35. The number of carbonyl (C=O) groups excluding carboxylic acids is 1. The predicted octanol–water partition coefficient (Wildman–Crippen LogP) is 4.38. The first kappa shape index (κ1) is 16.5. The fraction of sp³-hybridized carbons (Fsp3) is 0.143. The number of amides is 1. The smallest absolute Gasteiger partial charge is 0.261 e. The van der Waals surface area contributed by atoms with Gasteiger partial charge in [-0.25, -0.2) is 4.98 Å². The fourth-order valence-electron chi connectivity index (χ4n) is 2.97. The molecule has 0 radical (unpaired) electrons. The number of benzene rings is 2.